The monoisotopic (exact) mass is 407 g/mol. The van der Waals surface area contributed by atoms with Crippen molar-refractivity contribution in [2.45, 2.75) is 0 Å². The molecule has 0 aromatic rings. The zero-order chi connectivity index (χ0) is 2.00. The number of carbonyl (C=O) groups excluding carboxylic acids is 1. The van der Waals surface area contributed by atoms with Crippen LogP contribution in [-0.4, -0.2) is 6.79 Å². The Hall–Kier alpha value is 1.05. The van der Waals surface area contributed by atoms with E-state index in [1.165, 1.54) is 0 Å². The van der Waals surface area contributed by atoms with Gasteiger partial charge < -0.3 is 0 Å². The van der Waals surface area contributed by atoms with E-state index in [1.807, 2.05) is 0 Å². The maximum Gasteiger partial charge on any atom is 0.281 e. The Kier molecular flexibility index (Phi) is 169. The van der Waals surface area contributed by atoms with E-state index in [4.69, 9.17) is 4.79 Å². The average Bonchev–Trinajstić information content (AvgIpc) is 1.00. The van der Waals surface area contributed by atoms with Gasteiger partial charge in [0.2, 0.25) is 0 Å². The van der Waals surface area contributed by atoms with Crippen LogP contribution in [0, 0.1) is 0 Å². The summed E-state index contributed by atoms with van der Waals surface area (Å²) < 4.78 is 0. The van der Waals surface area contributed by atoms with Crippen molar-refractivity contribution in [2.24, 2.45) is 0 Å². The first-order valence-corrected chi connectivity index (χ1v) is 0.204. The van der Waals surface area contributed by atoms with Crippen molar-refractivity contribution < 1.29 is 46.9 Å². The number of hydrogen-bond donors (Lipinski definition) is 0. The van der Waals surface area contributed by atoms with Gasteiger partial charge in [0.25, 0.3) is 6.79 Å². The summed E-state index contributed by atoms with van der Waals surface area (Å²) >= 11 is 0. The largest absolute Gasteiger partial charge is 0.281 e. The van der Waals surface area contributed by atoms with Crippen LogP contribution >= 0.6 is 0 Å². The Bertz CT molecular complexity index is 8.00. The Balaban J connectivity index is -0.00000000500. The van der Waals surface area contributed by atoms with Crippen molar-refractivity contribution >= 4 is 6.79 Å². The van der Waals surface area contributed by atoms with Gasteiger partial charge in [-0.15, -0.1) is 0 Å². The van der Waals surface area contributed by atoms with Gasteiger partial charge in [0, 0.05) is 42.1 Å². The fraction of sp³-hybridized carbons (Fsp3) is 0. The smallest absolute Gasteiger partial charge is 0.281 e. The van der Waals surface area contributed by atoms with Crippen LogP contribution in [-0.2, 0) is 46.9 Å². The minimum Gasteiger partial charge on any atom is -0.281 e. The fourth-order valence-corrected chi connectivity index (χ4v) is 0. The van der Waals surface area contributed by atoms with Gasteiger partial charge in [-0.25, -0.2) is 0 Å². The summed E-state index contributed by atoms with van der Waals surface area (Å²) in [4.78, 5) is 7.50. The van der Waals surface area contributed by atoms with Crippen LogP contribution in [0.4, 0.5) is 0 Å². The summed E-state index contributed by atoms with van der Waals surface area (Å²) in [7, 11) is 0. The predicted molar refractivity (Wildman–Crippen MR) is 5.69 cm³/mol. The van der Waals surface area contributed by atoms with Crippen LogP contribution < -0.4 is 0 Å². The zero-order valence-corrected chi connectivity index (χ0v) is 6.84. The third-order valence-electron chi connectivity index (χ3n) is 0. The molecule has 0 aromatic carbocycles. The maximum absolute atomic E-state index is 7.50. The van der Waals surface area contributed by atoms with Gasteiger partial charge in [0.1, 0.15) is 0 Å². The Labute approximate surface area is 53.7 Å². The van der Waals surface area contributed by atoms with E-state index in [2.05, 4.69) is 6.79 Å². The van der Waals surface area contributed by atoms with Crippen LogP contribution in [0.1, 0.15) is 0 Å². The Morgan fingerprint density at radius 2 is 1.25 bits per heavy atom. The van der Waals surface area contributed by atoms with Crippen LogP contribution in [0.2, 0.25) is 0 Å². The predicted octanol–water partition coefficient (Wildman–Crippen LogP) is -0.402. The quantitative estimate of drug-likeness (QED) is 0.535. The fourth-order valence-electron chi connectivity index (χ4n) is 0. The first kappa shape index (κ1) is 19.7. The molecule has 0 aliphatic heterocycles. The molecule has 2 radical (unpaired) electrons. The van der Waals surface area contributed by atoms with Crippen LogP contribution in [0.5, 0.6) is 0 Å². The molecule has 26 valence electrons. The molecular formula is COPtW. The first-order chi connectivity index (χ1) is 1.00. The molecular weight excluding hydrogens is 407 g/mol. The molecule has 0 heterocycles. The molecule has 0 amide bonds. The molecule has 0 spiro atoms. The second kappa shape index (κ2) is 34.3. The molecule has 0 N–H and O–H groups in total. The van der Waals surface area contributed by atoms with Gasteiger partial charge in [-0.3, -0.25) is 4.79 Å². The van der Waals surface area contributed by atoms with Gasteiger partial charge in [0.15, 0.2) is 0 Å². The van der Waals surface area contributed by atoms with Gasteiger partial charge >= 0.3 is 0 Å². The SMILES string of the molecule is [C]=O.[Pt].[W]. The van der Waals surface area contributed by atoms with Crippen molar-refractivity contribution in [3.8, 4) is 0 Å². The van der Waals surface area contributed by atoms with Crippen molar-refractivity contribution in [3.63, 3.8) is 0 Å². The van der Waals surface area contributed by atoms with E-state index in [9.17, 15) is 0 Å². The van der Waals surface area contributed by atoms with Gasteiger partial charge in [-0.05, 0) is 0 Å². The second-order valence-corrected chi connectivity index (χ2v) is 0. The minimum atomic E-state index is 0. The molecule has 1 nitrogen and oxygen atoms in total. The molecule has 4 heavy (non-hydrogen) atoms. The summed E-state index contributed by atoms with van der Waals surface area (Å²) in [6.07, 6.45) is 0. The van der Waals surface area contributed by atoms with E-state index < -0.39 is 0 Å². The molecule has 0 rings (SSSR count). The molecule has 0 aliphatic rings. The van der Waals surface area contributed by atoms with Gasteiger partial charge in [-0.2, -0.15) is 0 Å². The Morgan fingerprint density at radius 3 is 1.25 bits per heavy atom. The molecule has 0 aromatic heterocycles. The summed E-state index contributed by atoms with van der Waals surface area (Å²) in [6.45, 7) is 4.50. The summed E-state index contributed by atoms with van der Waals surface area (Å²) in [5, 5.41) is 0. The van der Waals surface area contributed by atoms with E-state index in [0.717, 1.165) is 0 Å². The van der Waals surface area contributed by atoms with Crippen molar-refractivity contribution in [3.05, 3.63) is 0 Å². The number of rotatable bonds is 0. The van der Waals surface area contributed by atoms with Gasteiger partial charge in [-0.1, -0.05) is 0 Å². The number of hydrogen-bond acceptors (Lipinski definition) is 1. The van der Waals surface area contributed by atoms with E-state index in [-0.39, 0.29) is 42.1 Å². The van der Waals surface area contributed by atoms with E-state index in [1.54, 1.807) is 0 Å². The molecule has 3 heteroatoms. The normalized spacial score (nSPS) is 1.00. The zero-order valence-electron chi connectivity index (χ0n) is 1.63. The molecule has 0 aliphatic carbocycles. The molecule has 0 atom stereocenters. The van der Waals surface area contributed by atoms with E-state index >= 15 is 0 Å². The van der Waals surface area contributed by atoms with E-state index in [0.29, 0.717) is 0 Å². The summed E-state index contributed by atoms with van der Waals surface area (Å²) in [5.41, 5.74) is 0. The van der Waals surface area contributed by atoms with Crippen LogP contribution in [0.15, 0.2) is 0 Å². The summed E-state index contributed by atoms with van der Waals surface area (Å²) in [5.74, 6) is 0. The van der Waals surface area contributed by atoms with Gasteiger partial charge in [0.05, 0.1) is 0 Å². The average molecular weight is 407 g/mol. The van der Waals surface area contributed by atoms with Crippen molar-refractivity contribution in [1.82, 2.24) is 0 Å². The third-order valence-corrected chi connectivity index (χ3v) is 0. The molecule has 0 saturated heterocycles. The topological polar surface area (TPSA) is 17.1 Å². The van der Waals surface area contributed by atoms with Crippen LogP contribution in [0.25, 0.3) is 0 Å². The summed E-state index contributed by atoms with van der Waals surface area (Å²) in [6, 6.07) is 0. The molecule has 0 unspecified atom stereocenters. The molecule has 0 bridgehead atoms. The molecule has 0 saturated carbocycles. The Morgan fingerprint density at radius 1 is 1.25 bits per heavy atom. The van der Waals surface area contributed by atoms with Crippen molar-refractivity contribution in [1.29, 1.82) is 0 Å². The first-order valence-electron chi connectivity index (χ1n) is 0.204. The molecule has 0 fully saturated rings. The second-order valence-electron chi connectivity index (χ2n) is 0. The standard InChI is InChI=1S/CO.Pt.W/c1-2;;. The maximum atomic E-state index is 7.50. The minimum absolute atomic E-state index is 0. The third kappa shape index (κ3) is 11.6. The van der Waals surface area contributed by atoms with Crippen molar-refractivity contribution in [2.75, 3.05) is 0 Å². The van der Waals surface area contributed by atoms with Crippen LogP contribution in [0.3, 0.4) is 0 Å².